The Kier molecular flexibility index (Phi) is 6.04. The molecule has 0 unspecified atom stereocenters. The molecule has 0 radical (unpaired) electrons. The lowest BCUT2D eigenvalue weighted by molar-refractivity contribution is -0.141. The molecule has 0 aliphatic heterocycles. The Labute approximate surface area is 208 Å². The van der Waals surface area contributed by atoms with E-state index in [9.17, 15) is 18.0 Å². The number of hydrogen-bond donors (Lipinski definition) is 2. The minimum atomic E-state index is -4.83. The van der Waals surface area contributed by atoms with Crippen LogP contribution in [0.15, 0.2) is 71.5 Å². The van der Waals surface area contributed by atoms with Gasteiger partial charge in [0.05, 0.1) is 5.69 Å². The number of hydrogen-bond acceptors (Lipinski definition) is 7. The highest BCUT2D eigenvalue weighted by Gasteiger charge is 2.40. The molecule has 37 heavy (non-hydrogen) atoms. The molecule has 0 aliphatic rings. The lowest BCUT2D eigenvalue weighted by Gasteiger charge is -2.12. The maximum atomic E-state index is 13.2. The minimum Gasteiger partial charge on any atom is -0.435 e. The average molecular weight is 504 g/mol. The van der Waals surface area contributed by atoms with Gasteiger partial charge in [0.2, 0.25) is 11.7 Å². The first kappa shape index (κ1) is 23.9. The molecular formula is C26H19F3N6O2. The third-order valence-corrected chi connectivity index (χ3v) is 5.55. The first-order chi connectivity index (χ1) is 17.7. The molecule has 0 fully saturated rings. The van der Waals surface area contributed by atoms with E-state index in [4.69, 9.17) is 4.42 Å². The topological polar surface area (TPSA) is 106 Å². The number of nitrogens with one attached hydrogen (secondary N) is 2. The predicted octanol–water partition coefficient (Wildman–Crippen LogP) is 6.31. The fourth-order valence-corrected chi connectivity index (χ4v) is 3.81. The van der Waals surface area contributed by atoms with Gasteiger partial charge in [-0.1, -0.05) is 30.3 Å². The zero-order valence-electron chi connectivity index (χ0n) is 19.6. The minimum absolute atomic E-state index is 0.245. The summed E-state index contributed by atoms with van der Waals surface area (Å²) in [6.07, 6.45) is 0.293. The van der Waals surface area contributed by atoms with Crippen molar-refractivity contribution >= 4 is 34.0 Å². The van der Waals surface area contributed by atoms with Crippen molar-refractivity contribution in [1.82, 2.24) is 19.9 Å². The van der Waals surface area contributed by atoms with E-state index in [1.807, 2.05) is 31.2 Å². The smallest absolute Gasteiger partial charge is 0.435 e. The van der Waals surface area contributed by atoms with Crippen molar-refractivity contribution in [1.29, 1.82) is 0 Å². The second-order valence-electron chi connectivity index (χ2n) is 8.19. The Balaban J connectivity index is 1.41. The van der Waals surface area contributed by atoms with Gasteiger partial charge >= 0.3 is 6.18 Å². The summed E-state index contributed by atoms with van der Waals surface area (Å²) in [5, 5.41) is 7.51. The standard InChI is InChI=1S/C26H19F3N6O2/c1-14-7-8-17(33-24(36)22-23(26(27,28)29)32-15(2)37-22)11-21(14)35-25-31-10-9-20(34-25)19-13-30-12-16-5-3-4-6-18(16)19/h3-13H,1-2H3,(H,33,36)(H,31,34,35). The number of aryl methyl sites for hydroxylation is 2. The van der Waals surface area contributed by atoms with Crippen LogP contribution in [0.25, 0.3) is 22.0 Å². The third-order valence-electron chi connectivity index (χ3n) is 5.55. The highest BCUT2D eigenvalue weighted by atomic mass is 19.4. The lowest BCUT2D eigenvalue weighted by atomic mass is 10.1. The molecule has 2 N–H and O–H groups in total. The molecule has 0 saturated carbocycles. The molecule has 0 saturated heterocycles. The number of alkyl halides is 3. The molecule has 0 aliphatic carbocycles. The van der Waals surface area contributed by atoms with Crippen molar-refractivity contribution in [2.24, 2.45) is 0 Å². The molecule has 0 bridgehead atoms. The van der Waals surface area contributed by atoms with Gasteiger partial charge in [0, 0.05) is 47.8 Å². The molecule has 2 aromatic carbocycles. The summed E-state index contributed by atoms with van der Waals surface area (Å²) in [5.74, 6) is -1.94. The maximum absolute atomic E-state index is 13.2. The molecule has 0 spiro atoms. The summed E-state index contributed by atoms with van der Waals surface area (Å²) in [6, 6.07) is 14.4. The zero-order valence-corrected chi connectivity index (χ0v) is 19.6. The molecule has 5 rings (SSSR count). The maximum Gasteiger partial charge on any atom is 0.437 e. The van der Waals surface area contributed by atoms with E-state index in [0.29, 0.717) is 17.3 Å². The average Bonchev–Trinajstić information content (AvgIpc) is 3.28. The summed E-state index contributed by atoms with van der Waals surface area (Å²) >= 11 is 0. The van der Waals surface area contributed by atoms with E-state index >= 15 is 0 Å². The number of rotatable bonds is 5. The molecule has 11 heteroatoms. The van der Waals surface area contributed by atoms with E-state index in [1.54, 1.807) is 42.9 Å². The summed E-state index contributed by atoms with van der Waals surface area (Å²) in [7, 11) is 0. The number of carbonyl (C=O) groups is 1. The highest BCUT2D eigenvalue weighted by Crippen LogP contribution is 2.33. The molecule has 3 heterocycles. The number of carbonyl (C=O) groups excluding carboxylic acids is 1. The van der Waals surface area contributed by atoms with Gasteiger partial charge in [-0.25, -0.2) is 15.0 Å². The van der Waals surface area contributed by atoms with Gasteiger partial charge < -0.3 is 15.1 Å². The number of benzene rings is 2. The van der Waals surface area contributed by atoms with Crippen LogP contribution in [0, 0.1) is 13.8 Å². The number of pyridine rings is 1. The Bertz CT molecular complexity index is 1630. The number of anilines is 3. The van der Waals surface area contributed by atoms with Gasteiger partial charge in [-0.15, -0.1) is 0 Å². The van der Waals surface area contributed by atoms with Crippen LogP contribution in [0.3, 0.4) is 0 Å². The summed E-state index contributed by atoms with van der Waals surface area (Å²) in [5.41, 5.74) is 1.71. The predicted molar refractivity (Wildman–Crippen MR) is 131 cm³/mol. The van der Waals surface area contributed by atoms with Crippen molar-refractivity contribution < 1.29 is 22.4 Å². The van der Waals surface area contributed by atoms with Gasteiger partial charge in [-0.3, -0.25) is 9.78 Å². The summed E-state index contributed by atoms with van der Waals surface area (Å²) in [4.78, 5) is 29.1. The fraction of sp³-hybridized carbons (Fsp3) is 0.115. The molecule has 186 valence electrons. The Morgan fingerprint density at radius 3 is 2.62 bits per heavy atom. The van der Waals surface area contributed by atoms with Crippen LogP contribution in [0.1, 0.15) is 27.7 Å². The van der Waals surface area contributed by atoms with E-state index in [2.05, 4.69) is 30.6 Å². The first-order valence-electron chi connectivity index (χ1n) is 11.1. The quantitative estimate of drug-likeness (QED) is 0.289. The van der Waals surface area contributed by atoms with Crippen molar-refractivity contribution in [2.75, 3.05) is 10.6 Å². The van der Waals surface area contributed by atoms with Gasteiger partial charge in [-0.2, -0.15) is 13.2 Å². The van der Waals surface area contributed by atoms with Crippen LogP contribution in [0.5, 0.6) is 0 Å². The van der Waals surface area contributed by atoms with Crippen LogP contribution >= 0.6 is 0 Å². The van der Waals surface area contributed by atoms with E-state index < -0.39 is 23.5 Å². The number of nitrogens with zero attached hydrogens (tertiary/aromatic N) is 4. The largest absolute Gasteiger partial charge is 0.437 e. The van der Waals surface area contributed by atoms with Gasteiger partial charge in [0.25, 0.3) is 5.91 Å². The van der Waals surface area contributed by atoms with E-state index in [0.717, 1.165) is 21.9 Å². The van der Waals surface area contributed by atoms with E-state index in [1.165, 1.54) is 6.92 Å². The second-order valence-corrected chi connectivity index (χ2v) is 8.19. The molecule has 3 aromatic heterocycles. The van der Waals surface area contributed by atoms with Crippen LogP contribution in [0.2, 0.25) is 0 Å². The van der Waals surface area contributed by atoms with Crippen molar-refractivity contribution in [3.05, 3.63) is 90.0 Å². The van der Waals surface area contributed by atoms with Crippen LogP contribution in [-0.2, 0) is 6.18 Å². The second kappa shape index (κ2) is 9.34. The summed E-state index contributed by atoms with van der Waals surface area (Å²) < 4.78 is 44.6. The molecule has 1 amide bonds. The Hall–Kier alpha value is -4.80. The Morgan fingerprint density at radius 1 is 1.00 bits per heavy atom. The number of amides is 1. The zero-order chi connectivity index (χ0) is 26.2. The van der Waals surface area contributed by atoms with Crippen LogP contribution in [0.4, 0.5) is 30.5 Å². The normalized spacial score (nSPS) is 11.5. The first-order valence-corrected chi connectivity index (χ1v) is 11.1. The molecule has 5 aromatic rings. The molecule has 0 atom stereocenters. The Morgan fingerprint density at radius 2 is 1.81 bits per heavy atom. The highest BCUT2D eigenvalue weighted by molar-refractivity contribution is 6.03. The molecule has 8 nitrogen and oxygen atoms in total. The van der Waals surface area contributed by atoms with Gasteiger partial charge in [-0.05, 0) is 36.1 Å². The van der Waals surface area contributed by atoms with Crippen molar-refractivity contribution in [2.45, 2.75) is 20.0 Å². The van der Waals surface area contributed by atoms with E-state index in [-0.39, 0.29) is 11.6 Å². The SMILES string of the molecule is Cc1nc(C(F)(F)F)c(C(=O)Nc2ccc(C)c(Nc3nccc(-c4cncc5ccccc45)n3)c2)o1. The van der Waals surface area contributed by atoms with Gasteiger partial charge in [0.1, 0.15) is 0 Å². The number of fused-ring (bicyclic) bond motifs is 1. The third kappa shape index (κ3) is 4.96. The van der Waals surface area contributed by atoms with Crippen LogP contribution < -0.4 is 10.6 Å². The van der Waals surface area contributed by atoms with Gasteiger partial charge in [0.15, 0.2) is 11.6 Å². The fourth-order valence-electron chi connectivity index (χ4n) is 3.81. The summed E-state index contributed by atoms with van der Waals surface area (Å²) in [6.45, 7) is 3.07. The monoisotopic (exact) mass is 504 g/mol. The van der Waals surface area contributed by atoms with Crippen molar-refractivity contribution in [3.63, 3.8) is 0 Å². The lowest BCUT2D eigenvalue weighted by Crippen LogP contribution is -2.18. The number of oxazole rings is 1. The van der Waals surface area contributed by atoms with Crippen LogP contribution in [-0.4, -0.2) is 25.8 Å². The number of aromatic nitrogens is 4. The number of halogens is 3. The van der Waals surface area contributed by atoms with Crippen molar-refractivity contribution in [3.8, 4) is 11.3 Å². The molecular weight excluding hydrogens is 485 g/mol.